The van der Waals surface area contributed by atoms with Gasteiger partial charge >= 0.3 is 0 Å². The molecule has 1 heterocycles. The van der Waals surface area contributed by atoms with E-state index in [1.807, 2.05) is 6.07 Å². The molecule has 1 amide bonds. The fourth-order valence-corrected chi connectivity index (χ4v) is 1.79. The third-order valence-corrected chi connectivity index (χ3v) is 2.82. The van der Waals surface area contributed by atoms with Crippen LogP contribution in [0.4, 0.5) is 5.82 Å². The second-order valence-electron chi connectivity index (χ2n) is 4.02. The molecule has 0 radical (unpaired) electrons. The van der Waals surface area contributed by atoms with Crippen molar-refractivity contribution in [2.24, 2.45) is 7.05 Å². The molecule has 5 nitrogen and oxygen atoms in total. The van der Waals surface area contributed by atoms with E-state index >= 15 is 0 Å². The lowest BCUT2D eigenvalue weighted by molar-refractivity contribution is -0.112. The van der Waals surface area contributed by atoms with Crippen LogP contribution in [-0.4, -0.2) is 15.7 Å². The Morgan fingerprint density at radius 2 is 2.30 bits per heavy atom. The molecular weight excluding hydrogens is 276 g/mol. The molecule has 2 rings (SSSR count). The summed E-state index contributed by atoms with van der Waals surface area (Å²) in [5, 5.41) is 16.2. The fourth-order valence-electron chi connectivity index (χ4n) is 1.59. The summed E-state index contributed by atoms with van der Waals surface area (Å²) < 4.78 is 1.51. The second-order valence-corrected chi connectivity index (χ2v) is 4.46. The van der Waals surface area contributed by atoms with Crippen molar-refractivity contribution >= 4 is 29.4 Å². The van der Waals surface area contributed by atoms with Crippen LogP contribution < -0.4 is 5.32 Å². The van der Waals surface area contributed by atoms with Crippen LogP contribution in [0, 0.1) is 11.3 Å². The number of carbonyl (C=O) groups excluding carboxylic acids is 1. The van der Waals surface area contributed by atoms with E-state index in [0.29, 0.717) is 16.4 Å². The van der Waals surface area contributed by atoms with Crippen LogP contribution in [0.3, 0.4) is 0 Å². The first-order valence-electron chi connectivity index (χ1n) is 5.77. The van der Waals surface area contributed by atoms with Gasteiger partial charge in [-0.2, -0.15) is 10.4 Å². The largest absolute Gasteiger partial charge is 0.306 e. The zero-order chi connectivity index (χ0) is 14.5. The van der Waals surface area contributed by atoms with Gasteiger partial charge in [0.1, 0.15) is 17.5 Å². The number of aryl methyl sites for hydroxylation is 1. The van der Waals surface area contributed by atoms with Gasteiger partial charge in [-0.25, -0.2) is 0 Å². The number of halogens is 1. The highest BCUT2D eigenvalue weighted by Crippen LogP contribution is 2.14. The Labute approximate surface area is 121 Å². The first-order chi connectivity index (χ1) is 9.60. The summed E-state index contributed by atoms with van der Waals surface area (Å²) in [5.74, 6) is 0.0262. The highest BCUT2D eigenvalue weighted by atomic mass is 35.5. The Morgan fingerprint density at radius 1 is 1.50 bits per heavy atom. The molecule has 2 aromatic rings. The molecule has 0 aliphatic carbocycles. The van der Waals surface area contributed by atoms with Crippen molar-refractivity contribution in [3.8, 4) is 6.07 Å². The lowest BCUT2D eigenvalue weighted by Crippen LogP contribution is -2.15. The van der Waals surface area contributed by atoms with E-state index in [4.69, 9.17) is 16.9 Å². The van der Waals surface area contributed by atoms with Gasteiger partial charge in [0, 0.05) is 18.1 Å². The molecule has 0 bridgehead atoms. The average Bonchev–Trinajstić information content (AvgIpc) is 2.81. The summed E-state index contributed by atoms with van der Waals surface area (Å²) >= 11 is 5.86. The quantitative estimate of drug-likeness (QED) is 0.696. The van der Waals surface area contributed by atoms with E-state index in [9.17, 15) is 4.79 Å². The smallest absolute Gasteiger partial charge is 0.267 e. The van der Waals surface area contributed by atoms with E-state index in [-0.39, 0.29) is 5.57 Å². The molecule has 0 saturated heterocycles. The number of nitrogens with one attached hydrogen (secondary N) is 1. The third kappa shape index (κ3) is 3.25. The number of nitrogens with zero attached hydrogens (tertiary/aromatic N) is 3. The van der Waals surface area contributed by atoms with Gasteiger partial charge in [0.05, 0.1) is 6.20 Å². The van der Waals surface area contributed by atoms with Crippen molar-refractivity contribution < 1.29 is 4.79 Å². The summed E-state index contributed by atoms with van der Waals surface area (Å²) in [5.41, 5.74) is 0.683. The Morgan fingerprint density at radius 3 is 2.90 bits per heavy atom. The topological polar surface area (TPSA) is 70.7 Å². The Bertz CT molecular complexity index is 712. The standard InChI is InChI=1S/C14H11ClN4O/c1-19-13(5-6-17-19)18-14(20)11(9-16)7-10-3-2-4-12(15)8-10/h2-8H,1H3,(H,18,20)/b11-7+. The molecule has 1 aromatic carbocycles. The van der Waals surface area contributed by atoms with Crippen molar-refractivity contribution in [1.82, 2.24) is 9.78 Å². The van der Waals surface area contributed by atoms with Gasteiger partial charge in [-0.15, -0.1) is 0 Å². The maximum atomic E-state index is 12.0. The lowest BCUT2D eigenvalue weighted by atomic mass is 10.1. The summed E-state index contributed by atoms with van der Waals surface area (Å²) in [6.07, 6.45) is 3.04. The predicted octanol–water partition coefficient (Wildman–Crippen LogP) is 2.62. The van der Waals surface area contributed by atoms with Crippen molar-refractivity contribution in [2.75, 3.05) is 5.32 Å². The van der Waals surface area contributed by atoms with E-state index < -0.39 is 5.91 Å². The van der Waals surface area contributed by atoms with Gasteiger partial charge in [0.2, 0.25) is 0 Å². The molecule has 100 valence electrons. The number of anilines is 1. The molecular formula is C14H11ClN4O. The Balaban J connectivity index is 2.22. The van der Waals surface area contributed by atoms with Crippen molar-refractivity contribution in [3.05, 3.63) is 52.7 Å². The average molecular weight is 287 g/mol. The van der Waals surface area contributed by atoms with E-state index in [1.54, 1.807) is 43.6 Å². The number of aromatic nitrogens is 2. The van der Waals surface area contributed by atoms with Gasteiger partial charge in [-0.1, -0.05) is 23.7 Å². The zero-order valence-electron chi connectivity index (χ0n) is 10.7. The van der Waals surface area contributed by atoms with Gasteiger partial charge in [-0.05, 0) is 23.8 Å². The minimum absolute atomic E-state index is 0.00605. The Hall–Kier alpha value is -2.58. The minimum atomic E-state index is -0.490. The van der Waals surface area contributed by atoms with E-state index in [1.165, 1.54) is 10.8 Å². The number of carbonyl (C=O) groups is 1. The van der Waals surface area contributed by atoms with Crippen LogP contribution in [0.2, 0.25) is 5.02 Å². The zero-order valence-corrected chi connectivity index (χ0v) is 11.4. The SMILES string of the molecule is Cn1nccc1NC(=O)/C(C#N)=C/c1cccc(Cl)c1. The van der Waals surface area contributed by atoms with Gasteiger partial charge < -0.3 is 5.32 Å². The maximum Gasteiger partial charge on any atom is 0.267 e. The molecule has 0 aliphatic rings. The predicted molar refractivity (Wildman–Crippen MR) is 76.9 cm³/mol. The molecule has 0 saturated carbocycles. The number of hydrogen-bond acceptors (Lipinski definition) is 3. The van der Waals surface area contributed by atoms with Gasteiger partial charge in [0.15, 0.2) is 0 Å². The molecule has 1 N–H and O–H groups in total. The first-order valence-corrected chi connectivity index (χ1v) is 6.14. The van der Waals surface area contributed by atoms with Crippen LogP contribution in [0.25, 0.3) is 6.08 Å². The van der Waals surface area contributed by atoms with Crippen LogP contribution in [0.1, 0.15) is 5.56 Å². The van der Waals surface area contributed by atoms with Crippen LogP contribution in [0.5, 0.6) is 0 Å². The Kier molecular flexibility index (Phi) is 4.18. The van der Waals surface area contributed by atoms with Crippen molar-refractivity contribution in [2.45, 2.75) is 0 Å². The molecule has 0 spiro atoms. The van der Waals surface area contributed by atoms with Crippen molar-refractivity contribution in [3.63, 3.8) is 0 Å². The van der Waals surface area contributed by atoms with E-state index in [2.05, 4.69) is 10.4 Å². The summed E-state index contributed by atoms with van der Waals surface area (Å²) in [4.78, 5) is 12.0. The summed E-state index contributed by atoms with van der Waals surface area (Å²) in [6.45, 7) is 0. The van der Waals surface area contributed by atoms with Crippen LogP contribution in [-0.2, 0) is 11.8 Å². The molecule has 0 unspecified atom stereocenters. The summed E-state index contributed by atoms with van der Waals surface area (Å²) in [6, 6.07) is 10.4. The van der Waals surface area contributed by atoms with Crippen LogP contribution >= 0.6 is 11.6 Å². The third-order valence-electron chi connectivity index (χ3n) is 2.59. The molecule has 0 aliphatic heterocycles. The molecule has 6 heteroatoms. The minimum Gasteiger partial charge on any atom is -0.306 e. The fraction of sp³-hybridized carbons (Fsp3) is 0.0714. The summed E-state index contributed by atoms with van der Waals surface area (Å²) in [7, 11) is 1.70. The number of rotatable bonds is 3. The van der Waals surface area contributed by atoms with Crippen LogP contribution in [0.15, 0.2) is 42.1 Å². The number of nitriles is 1. The first kappa shape index (κ1) is 13.8. The normalized spacial score (nSPS) is 10.9. The highest BCUT2D eigenvalue weighted by Gasteiger charge is 2.11. The van der Waals surface area contributed by atoms with Crippen molar-refractivity contribution in [1.29, 1.82) is 5.26 Å². The monoisotopic (exact) mass is 286 g/mol. The lowest BCUT2D eigenvalue weighted by Gasteiger charge is -2.04. The van der Waals surface area contributed by atoms with E-state index in [0.717, 1.165) is 0 Å². The number of benzene rings is 1. The van der Waals surface area contributed by atoms with Gasteiger partial charge in [0.25, 0.3) is 5.91 Å². The van der Waals surface area contributed by atoms with Gasteiger partial charge in [-0.3, -0.25) is 9.48 Å². The maximum absolute atomic E-state index is 12.0. The molecule has 0 atom stereocenters. The molecule has 1 aromatic heterocycles. The molecule has 0 fully saturated rings. The number of amides is 1. The second kappa shape index (κ2) is 6.04. The number of hydrogen-bond donors (Lipinski definition) is 1. The molecule has 20 heavy (non-hydrogen) atoms. The highest BCUT2D eigenvalue weighted by molar-refractivity contribution is 6.30.